The van der Waals surface area contributed by atoms with Gasteiger partial charge in [-0.25, -0.2) is 9.37 Å². The topological polar surface area (TPSA) is 24.9 Å². The summed E-state index contributed by atoms with van der Waals surface area (Å²) in [7, 11) is 0. The van der Waals surface area contributed by atoms with Crippen LogP contribution in [0.4, 0.5) is 10.2 Å². The molecule has 0 atom stereocenters. The average molecular weight is 267 g/mol. The van der Waals surface area contributed by atoms with Gasteiger partial charge in [0.25, 0.3) is 0 Å². The van der Waals surface area contributed by atoms with Crippen molar-refractivity contribution in [2.45, 2.75) is 26.7 Å². The second-order valence-corrected chi connectivity index (χ2v) is 4.97. The average Bonchev–Trinajstić information content (AvgIpc) is 2.27. The molecule has 1 aromatic heterocycles. The Balaban J connectivity index is 2.72. The third-order valence-corrected chi connectivity index (χ3v) is 3.16. The van der Waals surface area contributed by atoms with Crippen molar-refractivity contribution in [3.8, 4) is 0 Å². The Kier molecular flexibility index (Phi) is 3.71. The highest BCUT2D eigenvalue weighted by Crippen LogP contribution is 2.31. The molecule has 0 bridgehead atoms. The summed E-state index contributed by atoms with van der Waals surface area (Å²) in [4.78, 5) is 4.47. The smallest absolute Gasteiger partial charge is 0.130 e. The third kappa shape index (κ3) is 2.41. The van der Waals surface area contributed by atoms with Crippen LogP contribution in [-0.4, -0.2) is 11.5 Å². The maximum atomic E-state index is 13.3. The molecule has 4 heteroatoms. The number of hydrogen-bond acceptors (Lipinski definition) is 2. The lowest BCUT2D eigenvalue weighted by molar-refractivity contribution is 0.629. The monoisotopic (exact) mass is 266 g/mol. The first kappa shape index (κ1) is 13.1. The van der Waals surface area contributed by atoms with Gasteiger partial charge in [0.2, 0.25) is 0 Å². The van der Waals surface area contributed by atoms with Crippen LogP contribution in [0.15, 0.2) is 18.2 Å². The van der Waals surface area contributed by atoms with E-state index >= 15 is 0 Å². The fourth-order valence-electron chi connectivity index (χ4n) is 1.96. The summed E-state index contributed by atoms with van der Waals surface area (Å²) in [5.41, 5.74) is 1.68. The normalized spacial score (nSPS) is 11.2. The van der Waals surface area contributed by atoms with Crippen molar-refractivity contribution in [2.75, 3.05) is 11.9 Å². The first-order chi connectivity index (χ1) is 8.52. The van der Waals surface area contributed by atoms with Crippen molar-refractivity contribution < 1.29 is 4.39 Å². The molecule has 0 unspecified atom stereocenters. The van der Waals surface area contributed by atoms with Crippen LogP contribution in [-0.2, 0) is 0 Å². The molecule has 96 valence electrons. The van der Waals surface area contributed by atoms with Gasteiger partial charge in [0.1, 0.15) is 11.6 Å². The largest absolute Gasteiger partial charge is 0.370 e. The molecule has 18 heavy (non-hydrogen) atoms. The minimum atomic E-state index is -0.361. The van der Waals surface area contributed by atoms with Crippen LogP contribution in [0.2, 0.25) is 5.02 Å². The zero-order valence-electron chi connectivity index (χ0n) is 10.7. The summed E-state index contributed by atoms with van der Waals surface area (Å²) >= 11 is 6.07. The van der Waals surface area contributed by atoms with Crippen molar-refractivity contribution in [3.05, 3.63) is 34.6 Å². The van der Waals surface area contributed by atoms with E-state index in [0.29, 0.717) is 16.5 Å². The van der Waals surface area contributed by atoms with Gasteiger partial charge in [0.05, 0.1) is 10.5 Å². The molecule has 0 amide bonds. The summed E-state index contributed by atoms with van der Waals surface area (Å²) < 4.78 is 13.3. The Bertz CT molecular complexity index is 582. The first-order valence-corrected chi connectivity index (χ1v) is 6.44. The molecule has 0 spiro atoms. The highest BCUT2D eigenvalue weighted by Gasteiger charge is 2.12. The van der Waals surface area contributed by atoms with Crippen molar-refractivity contribution >= 4 is 28.3 Å². The molecule has 0 aliphatic rings. The zero-order chi connectivity index (χ0) is 13.3. The molecule has 0 aliphatic carbocycles. The Morgan fingerprint density at radius 2 is 2.06 bits per heavy atom. The Hall–Kier alpha value is -1.35. The van der Waals surface area contributed by atoms with Crippen molar-refractivity contribution in [1.29, 1.82) is 0 Å². The predicted molar refractivity (Wildman–Crippen MR) is 75.0 cm³/mol. The molecule has 2 aromatic rings. The van der Waals surface area contributed by atoms with Gasteiger partial charge in [-0.15, -0.1) is 0 Å². The van der Waals surface area contributed by atoms with E-state index in [0.717, 1.165) is 23.3 Å². The fraction of sp³-hybridized carbons (Fsp3) is 0.357. The van der Waals surface area contributed by atoms with Gasteiger partial charge in [0, 0.05) is 18.0 Å². The number of pyridine rings is 1. The van der Waals surface area contributed by atoms with Gasteiger partial charge in [-0.05, 0) is 30.5 Å². The molecular weight excluding hydrogens is 251 g/mol. The highest BCUT2D eigenvalue weighted by atomic mass is 35.5. The number of hydrogen-bond donors (Lipinski definition) is 1. The molecule has 0 aliphatic heterocycles. The van der Waals surface area contributed by atoms with Crippen LogP contribution in [0.5, 0.6) is 0 Å². The van der Waals surface area contributed by atoms with E-state index in [1.54, 1.807) is 0 Å². The van der Waals surface area contributed by atoms with E-state index in [1.807, 2.05) is 13.0 Å². The van der Waals surface area contributed by atoms with Gasteiger partial charge >= 0.3 is 0 Å². The molecule has 2 nitrogen and oxygen atoms in total. The van der Waals surface area contributed by atoms with Crippen LogP contribution in [0.1, 0.15) is 32.3 Å². The van der Waals surface area contributed by atoms with Crippen molar-refractivity contribution in [1.82, 2.24) is 4.98 Å². The number of anilines is 1. The molecule has 2 rings (SSSR count). The summed E-state index contributed by atoms with van der Waals surface area (Å²) in [5.74, 6) is 0.776. The summed E-state index contributed by atoms with van der Waals surface area (Å²) in [6.07, 6.45) is 0. The van der Waals surface area contributed by atoms with E-state index in [-0.39, 0.29) is 5.82 Å². The van der Waals surface area contributed by atoms with Crippen LogP contribution in [0.25, 0.3) is 10.9 Å². The minimum Gasteiger partial charge on any atom is -0.370 e. The SMILES string of the molecule is CCNc1nc2cc(F)cc(Cl)c2cc1C(C)C. The van der Waals surface area contributed by atoms with Gasteiger partial charge in [0.15, 0.2) is 0 Å². The quantitative estimate of drug-likeness (QED) is 0.879. The number of nitrogens with zero attached hydrogens (tertiary/aromatic N) is 1. The number of nitrogens with one attached hydrogen (secondary N) is 1. The first-order valence-electron chi connectivity index (χ1n) is 6.06. The molecule has 1 heterocycles. The predicted octanol–water partition coefficient (Wildman–Crippen LogP) is 4.58. The second kappa shape index (κ2) is 5.11. The number of rotatable bonds is 3. The Labute approximate surface area is 111 Å². The number of halogens is 2. The lowest BCUT2D eigenvalue weighted by Gasteiger charge is -2.14. The lowest BCUT2D eigenvalue weighted by atomic mass is 10.0. The number of fused-ring (bicyclic) bond motifs is 1. The summed E-state index contributed by atoms with van der Waals surface area (Å²) in [5, 5.41) is 4.41. The number of benzene rings is 1. The van der Waals surface area contributed by atoms with Gasteiger partial charge < -0.3 is 5.32 Å². The third-order valence-electron chi connectivity index (χ3n) is 2.84. The molecule has 0 saturated carbocycles. The summed E-state index contributed by atoms with van der Waals surface area (Å²) in [6, 6.07) is 4.72. The minimum absolute atomic E-state index is 0.331. The van der Waals surface area contributed by atoms with Crippen LogP contribution >= 0.6 is 11.6 Å². The standard InChI is InChI=1S/C14H16ClFN2/c1-4-17-14-10(8(2)3)7-11-12(15)5-9(16)6-13(11)18-14/h5-8H,4H2,1-3H3,(H,17,18). The Morgan fingerprint density at radius 1 is 1.33 bits per heavy atom. The lowest BCUT2D eigenvalue weighted by Crippen LogP contribution is -2.05. The second-order valence-electron chi connectivity index (χ2n) is 4.57. The number of aromatic nitrogens is 1. The highest BCUT2D eigenvalue weighted by molar-refractivity contribution is 6.35. The molecule has 0 radical (unpaired) electrons. The zero-order valence-corrected chi connectivity index (χ0v) is 11.5. The Morgan fingerprint density at radius 3 is 2.67 bits per heavy atom. The van der Waals surface area contributed by atoms with E-state index in [1.165, 1.54) is 12.1 Å². The van der Waals surface area contributed by atoms with Crippen molar-refractivity contribution in [3.63, 3.8) is 0 Å². The molecule has 0 saturated heterocycles. The van der Waals surface area contributed by atoms with Gasteiger partial charge in [-0.1, -0.05) is 25.4 Å². The van der Waals surface area contributed by atoms with Gasteiger partial charge in [-0.2, -0.15) is 0 Å². The maximum Gasteiger partial charge on any atom is 0.130 e. The fourth-order valence-corrected chi connectivity index (χ4v) is 2.22. The van der Waals surface area contributed by atoms with E-state index in [4.69, 9.17) is 11.6 Å². The van der Waals surface area contributed by atoms with E-state index < -0.39 is 0 Å². The van der Waals surface area contributed by atoms with E-state index in [9.17, 15) is 4.39 Å². The van der Waals surface area contributed by atoms with E-state index in [2.05, 4.69) is 24.1 Å². The van der Waals surface area contributed by atoms with Gasteiger partial charge in [-0.3, -0.25) is 0 Å². The molecule has 1 aromatic carbocycles. The van der Waals surface area contributed by atoms with Crippen molar-refractivity contribution in [2.24, 2.45) is 0 Å². The molecule has 0 fully saturated rings. The molecule has 1 N–H and O–H groups in total. The molecular formula is C14H16ClFN2. The summed E-state index contributed by atoms with van der Waals surface area (Å²) in [6.45, 7) is 6.98. The van der Waals surface area contributed by atoms with Crippen LogP contribution < -0.4 is 5.32 Å². The van der Waals surface area contributed by atoms with Crippen LogP contribution in [0.3, 0.4) is 0 Å². The maximum absolute atomic E-state index is 13.3. The van der Waals surface area contributed by atoms with Crippen LogP contribution in [0, 0.1) is 5.82 Å².